The average Bonchev–Trinajstić information content (AvgIpc) is 2.99. The van der Waals surface area contributed by atoms with Gasteiger partial charge in [-0.15, -0.1) is 11.3 Å². The third-order valence-corrected chi connectivity index (χ3v) is 3.20. The summed E-state index contributed by atoms with van der Waals surface area (Å²) in [7, 11) is 1.78. The van der Waals surface area contributed by atoms with Gasteiger partial charge in [0, 0.05) is 31.3 Å². The molecule has 0 aliphatic rings. The van der Waals surface area contributed by atoms with Gasteiger partial charge in [-0.1, -0.05) is 11.8 Å². The highest BCUT2D eigenvalue weighted by molar-refractivity contribution is 7.12. The summed E-state index contributed by atoms with van der Waals surface area (Å²) in [4.78, 5) is 12.6. The van der Waals surface area contributed by atoms with Crippen molar-refractivity contribution < 1.29 is 9.90 Å². The molecule has 2 aromatic rings. The molecule has 0 atom stereocenters. The molecule has 2 aromatic heterocycles. The number of nitrogens with one attached hydrogen (secondary N) is 1. The first-order valence-electron chi connectivity index (χ1n) is 5.69. The minimum absolute atomic E-state index is 0.0204. The second-order valence-corrected chi connectivity index (χ2v) is 4.68. The molecule has 2 rings (SSSR count). The molecule has 0 bridgehead atoms. The summed E-state index contributed by atoms with van der Waals surface area (Å²) in [6.07, 6.45) is 2.16. The van der Waals surface area contributed by atoms with Crippen LogP contribution in [0.4, 0.5) is 5.82 Å². The number of thiophene rings is 1. The van der Waals surface area contributed by atoms with E-state index in [1.165, 1.54) is 11.3 Å². The van der Waals surface area contributed by atoms with Crippen molar-refractivity contribution in [3.8, 4) is 11.8 Å². The Morgan fingerprint density at radius 1 is 1.58 bits per heavy atom. The zero-order valence-electron chi connectivity index (χ0n) is 10.4. The van der Waals surface area contributed by atoms with Crippen LogP contribution in [0.15, 0.2) is 23.7 Å². The monoisotopic (exact) mass is 275 g/mol. The van der Waals surface area contributed by atoms with E-state index < -0.39 is 0 Å². The fraction of sp³-hybridized carbons (Fsp3) is 0.231. The van der Waals surface area contributed by atoms with E-state index in [2.05, 4.69) is 22.3 Å². The van der Waals surface area contributed by atoms with Gasteiger partial charge in [0.1, 0.15) is 4.88 Å². The molecule has 0 saturated carbocycles. The summed E-state index contributed by atoms with van der Waals surface area (Å²) in [5.41, 5.74) is 0.673. The van der Waals surface area contributed by atoms with Gasteiger partial charge < -0.3 is 10.4 Å². The molecule has 0 spiro atoms. The van der Waals surface area contributed by atoms with Crippen LogP contribution in [0.1, 0.15) is 21.7 Å². The van der Waals surface area contributed by atoms with Crippen molar-refractivity contribution >= 4 is 23.1 Å². The molecule has 6 heteroatoms. The van der Waals surface area contributed by atoms with E-state index in [0.717, 1.165) is 0 Å². The lowest BCUT2D eigenvalue weighted by atomic mass is 10.2. The van der Waals surface area contributed by atoms with Gasteiger partial charge in [0.15, 0.2) is 5.82 Å². The number of hydrogen-bond donors (Lipinski definition) is 2. The van der Waals surface area contributed by atoms with Crippen molar-refractivity contribution in [2.24, 2.45) is 7.05 Å². The van der Waals surface area contributed by atoms with E-state index in [9.17, 15) is 4.79 Å². The van der Waals surface area contributed by atoms with Gasteiger partial charge in [-0.2, -0.15) is 5.10 Å². The second kappa shape index (κ2) is 6.18. The van der Waals surface area contributed by atoms with E-state index in [-0.39, 0.29) is 12.5 Å². The van der Waals surface area contributed by atoms with E-state index in [0.29, 0.717) is 22.7 Å². The van der Waals surface area contributed by atoms with Gasteiger partial charge in [0.2, 0.25) is 0 Å². The van der Waals surface area contributed by atoms with E-state index in [1.54, 1.807) is 30.1 Å². The molecule has 19 heavy (non-hydrogen) atoms. The average molecular weight is 275 g/mol. The molecule has 0 radical (unpaired) electrons. The summed E-state index contributed by atoms with van der Waals surface area (Å²) >= 11 is 1.33. The standard InChI is InChI=1S/C13H13N3O2S/c1-16-7-5-11(15-16)14-13(18)12-10(6-9-19-12)4-2-3-8-17/h5-7,9,17H,3,8H2,1H3,(H,14,15,18). The molecular formula is C13H13N3O2S. The van der Waals surface area contributed by atoms with Crippen LogP contribution in [-0.4, -0.2) is 27.4 Å². The number of aryl methyl sites for hydroxylation is 1. The number of aliphatic hydroxyl groups is 1. The Bertz CT molecular complexity index is 634. The Labute approximate surface area is 114 Å². The van der Waals surface area contributed by atoms with Gasteiger partial charge in [-0.05, 0) is 11.4 Å². The van der Waals surface area contributed by atoms with Crippen LogP contribution in [0.25, 0.3) is 0 Å². The smallest absolute Gasteiger partial charge is 0.268 e. The number of hydrogen-bond acceptors (Lipinski definition) is 4. The van der Waals surface area contributed by atoms with Crippen molar-refractivity contribution in [3.05, 3.63) is 34.2 Å². The van der Waals surface area contributed by atoms with Crippen LogP contribution in [0.2, 0.25) is 0 Å². The number of carbonyl (C=O) groups excluding carboxylic acids is 1. The van der Waals surface area contributed by atoms with Crippen LogP contribution < -0.4 is 5.32 Å². The SMILES string of the molecule is Cn1ccc(NC(=O)c2sccc2C#CCCO)n1. The topological polar surface area (TPSA) is 67.2 Å². The lowest BCUT2D eigenvalue weighted by Crippen LogP contribution is -2.12. The number of amides is 1. The Balaban J connectivity index is 2.12. The zero-order chi connectivity index (χ0) is 13.7. The van der Waals surface area contributed by atoms with Gasteiger partial charge >= 0.3 is 0 Å². The number of anilines is 1. The third kappa shape index (κ3) is 3.44. The molecule has 0 aromatic carbocycles. The normalized spacial score (nSPS) is 9.79. The van der Waals surface area contributed by atoms with Crippen LogP contribution in [-0.2, 0) is 7.05 Å². The molecule has 1 amide bonds. The summed E-state index contributed by atoms with van der Waals surface area (Å²) in [6, 6.07) is 3.52. The number of aromatic nitrogens is 2. The predicted octanol–water partition coefficient (Wildman–Crippen LogP) is 1.47. The molecule has 0 unspecified atom stereocenters. The summed E-state index contributed by atoms with van der Waals surface area (Å²) < 4.78 is 1.62. The lowest BCUT2D eigenvalue weighted by Gasteiger charge is -1.99. The minimum atomic E-state index is -0.220. The summed E-state index contributed by atoms with van der Waals surface area (Å²) in [5, 5.41) is 17.3. The Morgan fingerprint density at radius 2 is 2.42 bits per heavy atom. The fourth-order valence-corrected chi connectivity index (χ4v) is 2.20. The van der Waals surface area contributed by atoms with Crippen molar-refractivity contribution in [2.45, 2.75) is 6.42 Å². The van der Waals surface area contributed by atoms with Crippen molar-refractivity contribution in [1.82, 2.24) is 9.78 Å². The van der Waals surface area contributed by atoms with Crippen LogP contribution in [0, 0.1) is 11.8 Å². The maximum atomic E-state index is 12.1. The maximum Gasteiger partial charge on any atom is 0.268 e. The first-order valence-corrected chi connectivity index (χ1v) is 6.57. The zero-order valence-corrected chi connectivity index (χ0v) is 11.2. The van der Waals surface area contributed by atoms with E-state index in [4.69, 9.17) is 5.11 Å². The molecule has 5 nitrogen and oxygen atoms in total. The van der Waals surface area contributed by atoms with Crippen LogP contribution >= 0.6 is 11.3 Å². The largest absolute Gasteiger partial charge is 0.395 e. The molecule has 98 valence electrons. The highest BCUT2D eigenvalue weighted by Crippen LogP contribution is 2.17. The first-order chi connectivity index (χ1) is 9.20. The second-order valence-electron chi connectivity index (χ2n) is 3.77. The maximum absolute atomic E-state index is 12.1. The Hall–Kier alpha value is -2.10. The highest BCUT2D eigenvalue weighted by Gasteiger charge is 2.13. The number of nitrogens with zero attached hydrogens (tertiary/aromatic N) is 2. The summed E-state index contributed by atoms with van der Waals surface area (Å²) in [6.45, 7) is 0.0204. The van der Waals surface area contributed by atoms with Crippen LogP contribution in [0.5, 0.6) is 0 Å². The van der Waals surface area contributed by atoms with E-state index >= 15 is 0 Å². The van der Waals surface area contributed by atoms with Crippen molar-refractivity contribution in [1.29, 1.82) is 0 Å². The third-order valence-electron chi connectivity index (χ3n) is 2.29. The highest BCUT2D eigenvalue weighted by atomic mass is 32.1. The minimum Gasteiger partial charge on any atom is -0.395 e. The molecule has 2 heterocycles. The van der Waals surface area contributed by atoms with E-state index in [1.807, 2.05) is 5.38 Å². The summed E-state index contributed by atoms with van der Waals surface area (Å²) in [5.74, 6) is 5.98. The lowest BCUT2D eigenvalue weighted by molar-refractivity contribution is 0.103. The molecule has 0 fully saturated rings. The number of aliphatic hydroxyl groups excluding tert-OH is 1. The fourth-order valence-electron chi connectivity index (χ4n) is 1.45. The molecular weight excluding hydrogens is 262 g/mol. The quantitative estimate of drug-likeness (QED) is 0.834. The van der Waals surface area contributed by atoms with Crippen molar-refractivity contribution in [2.75, 3.05) is 11.9 Å². The molecule has 0 aliphatic heterocycles. The molecule has 0 aliphatic carbocycles. The number of carbonyl (C=O) groups is 1. The van der Waals surface area contributed by atoms with Gasteiger partial charge in [0.25, 0.3) is 5.91 Å². The van der Waals surface area contributed by atoms with Gasteiger partial charge in [-0.25, -0.2) is 0 Å². The Morgan fingerprint density at radius 3 is 3.11 bits per heavy atom. The first kappa shape index (κ1) is 13.3. The number of rotatable bonds is 3. The van der Waals surface area contributed by atoms with Crippen LogP contribution in [0.3, 0.4) is 0 Å². The molecule has 2 N–H and O–H groups in total. The van der Waals surface area contributed by atoms with Gasteiger partial charge in [0.05, 0.1) is 6.61 Å². The van der Waals surface area contributed by atoms with Crippen molar-refractivity contribution in [3.63, 3.8) is 0 Å². The molecule has 0 saturated heterocycles. The van der Waals surface area contributed by atoms with Gasteiger partial charge in [-0.3, -0.25) is 9.48 Å². The predicted molar refractivity (Wildman–Crippen MR) is 74.1 cm³/mol. The Kier molecular flexibility index (Phi) is 4.34.